The summed E-state index contributed by atoms with van der Waals surface area (Å²) in [6, 6.07) is 6.23. The van der Waals surface area contributed by atoms with Crippen LogP contribution in [0.25, 0.3) is 0 Å². The Labute approximate surface area is 110 Å². The van der Waals surface area contributed by atoms with Gasteiger partial charge in [0.1, 0.15) is 5.75 Å². The molecular formula is C14H25N3O. The lowest BCUT2D eigenvalue weighted by molar-refractivity contribution is 0.276. The first-order valence-corrected chi connectivity index (χ1v) is 6.26. The van der Waals surface area contributed by atoms with Crippen molar-refractivity contribution in [3.63, 3.8) is 0 Å². The summed E-state index contributed by atoms with van der Waals surface area (Å²) in [6.45, 7) is 3.57. The van der Waals surface area contributed by atoms with Gasteiger partial charge in [-0.2, -0.15) is 0 Å². The van der Waals surface area contributed by atoms with E-state index in [0.717, 1.165) is 30.9 Å². The van der Waals surface area contributed by atoms with Gasteiger partial charge >= 0.3 is 0 Å². The van der Waals surface area contributed by atoms with Gasteiger partial charge in [0, 0.05) is 31.7 Å². The highest BCUT2D eigenvalue weighted by atomic mass is 16.5. The highest BCUT2D eigenvalue weighted by Gasteiger charge is 2.05. The summed E-state index contributed by atoms with van der Waals surface area (Å²) in [7, 11) is 7.99. The summed E-state index contributed by atoms with van der Waals surface area (Å²) in [5.41, 5.74) is 8.07. The number of benzene rings is 1. The van der Waals surface area contributed by atoms with Crippen LogP contribution in [0.4, 0.5) is 0 Å². The fourth-order valence-electron chi connectivity index (χ4n) is 1.85. The predicted octanol–water partition coefficient (Wildman–Crippen LogP) is 1.15. The monoisotopic (exact) mass is 251 g/mol. The largest absolute Gasteiger partial charge is 0.496 e. The van der Waals surface area contributed by atoms with Gasteiger partial charge in [0.2, 0.25) is 0 Å². The van der Waals surface area contributed by atoms with Crippen LogP contribution in [0.1, 0.15) is 11.1 Å². The molecule has 0 unspecified atom stereocenters. The standard InChI is InChI=1S/C14H25N3O/c1-16(2)7-8-17(3)11-12-5-6-14(18-4)13(9-12)10-15/h5-6,9H,7-8,10-11,15H2,1-4H3. The zero-order chi connectivity index (χ0) is 13.5. The molecule has 0 aliphatic carbocycles. The van der Waals surface area contributed by atoms with Crippen molar-refractivity contribution < 1.29 is 4.74 Å². The number of nitrogens with zero attached hydrogens (tertiary/aromatic N) is 2. The van der Waals surface area contributed by atoms with Gasteiger partial charge in [0.05, 0.1) is 7.11 Å². The molecule has 102 valence electrons. The molecule has 0 aliphatic heterocycles. The van der Waals surface area contributed by atoms with Crippen LogP contribution in [0.15, 0.2) is 18.2 Å². The van der Waals surface area contributed by atoms with E-state index in [4.69, 9.17) is 10.5 Å². The van der Waals surface area contributed by atoms with E-state index in [1.165, 1.54) is 5.56 Å². The second-order valence-corrected chi connectivity index (χ2v) is 4.89. The van der Waals surface area contributed by atoms with E-state index >= 15 is 0 Å². The molecule has 0 atom stereocenters. The highest BCUT2D eigenvalue weighted by molar-refractivity contribution is 5.37. The molecule has 4 heteroatoms. The minimum absolute atomic E-state index is 0.512. The lowest BCUT2D eigenvalue weighted by atomic mass is 10.1. The molecule has 0 heterocycles. The molecule has 0 radical (unpaired) electrons. The summed E-state index contributed by atoms with van der Waals surface area (Å²) < 4.78 is 5.27. The number of likely N-dealkylation sites (N-methyl/N-ethyl adjacent to an activating group) is 2. The Morgan fingerprint density at radius 1 is 1.17 bits per heavy atom. The van der Waals surface area contributed by atoms with Crippen LogP contribution in [0.3, 0.4) is 0 Å². The summed E-state index contributed by atoms with van der Waals surface area (Å²) >= 11 is 0. The van der Waals surface area contributed by atoms with Crippen LogP contribution in [0.2, 0.25) is 0 Å². The molecule has 4 nitrogen and oxygen atoms in total. The third-order valence-electron chi connectivity index (χ3n) is 2.95. The molecule has 0 aromatic heterocycles. The van der Waals surface area contributed by atoms with Crippen molar-refractivity contribution in [1.29, 1.82) is 0 Å². The van der Waals surface area contributed by atoms with Crippen LogP contribution in [0.5, 0.6) is 5.75 Å². The van der Waals surface area contributed by atoms with Crippen LogP contribution in [-0.4, -0.2) is 51.1 Å². The van der Waals surface area contributed by atoms with Crippen LogP contribution in [-0.2, 0) is 13.1 Å². The Morgan fingerprint density at radius 3 is 2.44 bits per heavy atom. The fourth-order valence-corrected chi connectivity index (χ4v) is 1.85. The van der Waals surface area contributed by atoms with Gasteiger partial charge in [0.25, 0.3) is 0 Å². The Kier molecular flexibility index (Phi) is 6.12. The normalized spacial score (nSPS) is 11.3. The summed E-state index contributed by atoms with van der Waals surface area (Å²) in [5.74, 6) is 0.872. The Morgan fingerprint density at radius 2 is 1.89 bits per heavy atom. The summed E-state index contributed by atoms with van der Waals surface area (Å²) in [4.78, 5) is 4.50. The van der Waals surface area contributed by atoms with E-state index < -0.39 is 0 Å². The first-order valence-electron chi connectivity index (χ1n) is 6.26. The third-order valence-corrected chi connectivity index (χ3v) is 2.95. The SMILES string of the molecule is COc1ccc(CN(C)CCN(C)C)cc1CN. The Hall–Kier alpha value is -1.10. The van der Waals surface area contributed by atoms with Gasteiger partial charge in [-0.1, -0.05) is 6.07 Å². The van der Waals surface area contributed by atoms with Crippen molar-refractivity contribution in [1.82, 2.24) is 9.80 Å². The van der Waals surface area contributed by atoms with Gasteiger partial charge in [-0.15, -0.1) is 0 Å². The molecule has 0 saturated carbocycles. The smallest absolute Gasteiger partial charge is 0.123 e. The Bertz CT molecular complexity index is 366. The Balaban J connectivity index is 2.61. The summed E-state index contributed by atoms with van der Waals surface area (Å²) in [6.07, 6.45) is 0. The third kappa shape index (κ3) is 4.64. The van der Waals surface area contributed by atoms with Gasteiger partial charge < -0.3 is 20.3 Å². The molecule has 0 bridgehead atoms. The van der Waals surface area contributed by atoms with Gasteiger partial charge in [-0.25, -0.2) is 0 Å². The lowest BCUT2D eigenvalue weighted by Gasteiger charge is -2.20. The van der Waals surface area contributed by atoms with E-state index in [0.29, 0.717) is 6.54 Å². The van der Waals surface area contributed by atoms with E-state index in [9.17, 15) is 0 Å². The van der Waals surface area contributed by atoms with Gasteiger partial charge in [-0.3, -0.25) is 0 Å². The van der Waals surface area contributed by atoms with Crippen molar-refractivity contribution in [3.8, 4) is 5.75 Å². The number of hydrogen-bond donors (Lipinski definition) is 1. The van der Waals surface area contributed by atoms with E-state index in [2.05, 4.69) is 43.1 Å². The van der Waals surface area contributed by atoms with Crippen molar-refractivity contribution in [2.45, 2.75) is 13.1 Å². The second-order valence-electron chi connectivity index (χ2n) is 4.89. The highest BCUT2D eigenvalue weighted by Crippen LogP contribution is 2.19. The van der Waals surface area contributed by atoms with E-state index in [-0.39, 0.29) is 0 Å². The zero-order valence-corrected chi connectivity index (χ0v) is 11.9. The number of hydrogen-bond acceptors (Lipinski definition) is 4. The van der Waals surface area contributed by atoms with Gasteiger partial charge in [0.15, 0.2) is 0 Å². The van der Waals surface area contributed by atoms with E-state index in [1.807, 2.05) is 6.07 Å². The minimum Gasteiger partial charge on any atom is -0.496 e. The molecule has 0 amide bonds. The fraction of sp³-hybridized carbons (Fsp3) is 0.571. The van der Waals surface area contributed by atoms with Crippen molar-refractivity contribution in [2.24, 2.45) is 5.73 Å². The molecule has 2 N–H and O–H groups in total. The molecule has 0 saturated heterocycles. The average molecular weight is 251 g/mol. The maximum atomic E-state index is 5.72. The molecular weight excluding hydrogens is 226 g/mol. The minimum atomic E-state index is 0.512. The quantitative estimate of drug-likeness (QED) is 0.789. The predicted molar refractivity (Wildman–Crippen MR) is 75.8 cm³/mol. The number of ether oxygens (including phenoxy) is 1. The molecule has 0 aliphatic rings. The maximum Gasteiger partial charge on any atom is 0.123 e. The van der Waals surface area contributed by atoms with Crippen molar-refractivity contribution >= 4 is 0 Å². The zero-order valence-electron chi connectivity index (χ0n) is 11.9. The molecule has 18 heavy (non-hydrogen) atoms. The molecule has 1 aromatic rings. The van der Waals surface area contributed by atoms with Crippen molar-refractivity contribution in [3.05, 3.63) is 29.3 Å². The second kappa shape index (κ2) is 7.36. The number of rotatable bonds is 7. The van der Waals surface area contributed by atoms with Crippen LogP contribution in [0, 0.1) is 0 Å². The average Bonchev–Trinajstić information content (AvgIpc) is 2.36. The first-order chi connectivity index (χ1) is 8.56. The van der Waals surface area contributed by atoms with Crippen molar-refractivity contribution in [2.75, 3.05) is 41.3 Å². The van der Waals surface area contributed by atoms with Gasteiger partial charge in [-0.05, 0) is 38.8 Å². The van der Waals surface area contributed by atoms with Crippen LogP contribution < -0.4 is 10.5 Å². The van der Waals surface area contributed by atoms with Crippen LogP contribution >= 0.6 is 0 Å². The topological polar surface area (TPSA) is 41.7 Å². The van der Waals surface area contributed by atoms with E-state index in [1.54, 1.807) is 7.11 Å². The number of methoxy groups -OCH3 is 1. The number of nitrogens with two attached hydrogens (primary N) is 1. The molecule has 0 fully saturated rings. The lowest BCUT2D eigenvalue weighted by Crippen LogP contribution is -2.28. The summed E-state index contributed by atoms with van der Waals surface area (Å²) in [5, 5.41) is 0. The molecule has 0 spiro atoms. The molecule has 1 rings (SSSR count). The molecule has 1 aromatic carbocycles. The maximum absolute atomic E-state index is 5.72. The first kappa shape index (κ1) is 15.0.